The molecule has 2 heterocycles. The van der Waals surface area contributed by atoms with Crippen LogP contribution >= 0.6 is 11.6 Å². The van der Waals surface area contributed by atoms with E-state index in [1.807, 2.05) is 80.6 Å². The highest BCUT2D eigenvalue weighted by Crippen LogP contribution is 2.49. The summed E-state index contributed by atoms with van der Waals surface area (Å²) in [6.07, 6.45) is 2.33. The Bertz CT molecular complexity index is 2110. The van der Waals surface area contributed by atoms with Gasteiger partial charge in [0.15, 0.2) is 0 Å². The van der Waals surface area contributed by atoms with E-state index >= 15 is 0 Å². The van der Waals surface area contributed by atoms with Crippen LogP contribution in [0.25, 0.3) is 11.3 Å². The van der Waals surface area contributed by atoms with Gasteiger partial charge in [-0.05, 0) is 53.8 Å². The number of anilines is 1. The fourth-order valence-corrected chi connectivity index (χ4v) is 6.54. The lowest BCUT2D eigenvalue weighted by Gasteiger charge is -2.20. The molecule has 2 aliphatic rings. The van der Waals surface area contributed by atoms with E-state index in [0.29, 0.717) is 47.1 Å². The third kappa shape index (κ3) is 8.12. The first-order valence-corrected chi connectivity index (χ1v) is 17.7. The van der Waals surface area contributed by atoms with Gasteiger partial charge in [0.1, 0.15) is 36.7 Å². The fourth-order valence-electron chi connectivity index (χ4n) is 6.35. The zero-order chi connectivity index (χ0) is 37.0. The van der Waals surface area contributed by atoms with Crippen molar-refractivity contribution >= 4 is 35.8 Å². The third-order valence-corrected chi connectivity index (χ3v) is 9.85. The van der Waals surface area contributed by atoms with Gasteiger partial charge in [-0.3, -0.25) is 4.79 Å². The number of aromatic nitrogens is 3. The first-order chi connectivity index (χ1) is 25.7. The monoisotopic (exact) mass is 735 g/mol. The van der Waals surface area contributed by atoms with Gasteiger partial charge in [-0.2, -0.15) is 0 Å². The van der Waals surface area contributed by atoms with Gasteiger partial charge in [0, 0.05) is 35.8 Å². The van der Waals surface area contributed by atoms with Crippen LogP contribution in [0.2, 0.25) is 5.02 Å². The number of hydrogen-bond donors (Lipinski definition) is 3. The number of carbonyl (C=O) groups is 3. The highest BCUT2D eigenvalue weighted by atomic mass is 35.5. The molecule has 3 N–H and O–H groups in total. The van der Waals surface area contributed by atoms with E-state index in [-0.39, 0.29) is 18.9 Å². The minimum atomic E-state index is -1.01. The third-order valence-electron chi connectivity index (χ3n) is 9.62. The Hall–Kier alpha value is -5.88. The highest BCUT2D eigenvalue weighted by molar-refractivity contribution is 6.30. The average Bonchev–Trinajstić information content (AvgIpc) is 3.97. The van der Waals surface area contributed by atoms with E-state index in [1.54, 1.807) is 36.7 Å². The second-order valence-electron chi connectivity index (χ2n) is 13.3. The van der Waals surface area contributed by atoms with Gasteiger partial charge in [-0.25, -0.2) is 19.6 Å². The van der Waals surface area contributed by atoms with Crippen molar-refractivity contribution in [2.24, 2.45) is 0 Å². The van der Waals surface area contributed by atoms with Crippen LogP contribution in [-0.4, -0.2) is 50.9 Å². The van der Waals surface area contributed by atoms with Crippen LogP contribution in [0.3, 0.4) is 0 Å². The van der Waals surface area contributed by atoms with Crippen molar-refractivity contribution in [2.75, 3.05) is 5.32 Å². The van der Waals surface area contributed by atoms with Gasteiger partial charge >= 0.3 is 12.3 Å². The first kappa shape index (κ1) is 35.5. The van der Waals surface area contributed by atoms with Crippen LogP contribution in [0, 0.1) is 6.92 Å². The molecule has 5 aromatic rings. The molecule has 2 aliphatic carbocycles. The summed E-state index contributed by atoms with van der Waals surface area (Å²) < 4.78 is 21.9. The number of halogens is 1. The lowest BCUT2D eigenvalue weighted by Crippen LogP contribution is -2.38. The first-order valence-electron chi connectivity index (χ1n) is 17.3. The van der Waals surface area contributed by atoms with E-state index in [9.17, 15) is 14.4 Å². The Labute approximate surface area is 311 Å². The summed E-state index contributed by atoms with van der Waals surface area (Å²) >= 11 is 6.32. The molecule has 0 aliphatic heterocycles. The molecule has 0 saturated heterocycles. The molecule has 272 valence electrons. The SMILES string of the molecule is CCC1(Nc2ncc(C)c(-c3c[nH]c(C(=O)NC4(c5cccc(Cl)c5)CC4OC(=O)OCc4ccccc4)c3)n2)C[C@@H]1OC(=O)OCc1ccccc1. The van der Waals surface area contributed by atoms with Gasteiger partial charge in [-0.15, -0.1) is 0 Å². The van der Waals surface area contributed by atoms with Crippen molar-refractivity contribution in [3.8, 4) is 11.3 Å². The predicted molar refractivity (Wildman–Crippen MR) is 196 cm³/mol. The van der Waals surface area contributed by atoms with Gasteiger partial charge in [0.05, 0.1) is 11.2 Å². The Morgan fingerprint density at radius 1 is 0.868 bits per heavy atom. The van der Waals surface area contributed by atoms with Crippen molar-refractivity contribution in [3.05, 3.63) is 136 Å². The molecule has 0 bridgehead atoms. The summed E-state index contributed by atoms with van der Waals surface area (Å²) in [7, 11) is 0. The molecule has 13 heteroatoms. The summed E-state index contributed by atoms with van der Waals surface area (Å²) in [5, 5.41) is 6.93. The molecule has 0 spiro atoms. The van der Waals surface area contributed by atoms with Gasteiger partial charge in [0.2, 0.25) is 5.95 Å². The van der Waals surface area contributed by atoms with Crippen LogP contribution < -0.4 is 10.6 Å². The molecule has 12 nitrogen and oxygen atoms in total. The Morgan fingerprint density at radius 2 is 1.53 bits per heavy atom. The van der Waals surface area contributed by atoms with E-state index in [4.69, 9.17) is 35.5 Å². The summed E-state index contributed by atoms with van der Waals surface area (Å²) in [5.74, 6) is -0.0486. The average molecular weight is 736 g/mol. The molecule has 53 heavy (non-hydrogen) atoms. The zero-order valence-electron chi connectivity index (χ0n) is 29.1. The summed E-state index contributed by atoms with van der Waals surface area (Å²) in [4.78, 5) is 51.1. The van der Waals surface area contributed by atoms with Gasteiger partial charge in [-0.1, -0.05) is 91.3 Å². The number of nitrogens with one attached hydrogen (secondary N) is 3. The Balaban J connectivity index is 1.00. The van der Waals surface area contributed by atoms with Crippen molar-refractivity contribution in [3.63, 3.8) is 0 Å². The second kappa shape index (κ2) is 15.0. The Kier molecular flexibility index (Phi) is 10.1. The lowest BCUT2D eigenvalue weighted by atomic mass is 10.0. The maximum absolute atomic E-state index is 13.7. The Morgan fingerprint density at radius 3 is 2.17 bits per heavy atom. The molecule has 2 saturated carbocycles. The van der Waals surface area contributed by atoms with Crippen molar-refractivity contribution in [1.82, 2.24) is 20.3 Å². The number of nitrogens with zero attached hydrogens (tertiary/aromatic N) is 2. The summed E-state index contributed by atoms with van der Waals surface area (Å²) in [6.45, 7) is 4.06. The molecule has 7 rings (SSSR count). The number of amides is 1. The minimum Gasteiger partial charge on any atom is -0.429 e. The molecule has 0 radical (unpaired) electrons. The number of rotatable bonds is 13. The van der Waals surface area contributed by atoms with Crippen molar-refractivity contribution in [1.29, 1.82) is 0 Å². The topological polar surface area (TPSA) is 154 Å². The lowest BCUT2D eigenvalue weighted by molar-refractivity contribution is 0.0366. The molecule has 2 aromatic heterocycles. The number of hydrogen-bond acceptors (Lipinski definition) is 10. The van der Waals surface area contributed by atoms with E-state index in [0.717, 1.165) is 16.7 Å². The summed E-state index contributed by atoms with van der Waals surface area (Å²) in [6, 6.07) is 27.5. The van der Waals surface area contributed by atoms with Crippen LogP contribution in [0.4, 0.5) is 15.5 Å². The smallest absolute Gasteiger partial charge is 0.429 e. The number of aryl methyl sites for hydroxylation is 1. The van der Waals surface area contributed by atoms with Gasteiger partial charge in [0.25, 0.3) is 5.91 Å². The highest BCUT2D eigenvalue weighted by Gasteiger charge is 2.60. The van der Waals surface area contributed by atoms with E-state index in [2.05, 4.69) is 20.6 Å². The maximum atomic E-state index is 13.7. The molecule has 3 unspecified atom stereocenters. The molecule has 4 atom stereocenters. The minimum absolute atomic E-state index is 0.0610. The number of benzene rings is 3. The number of carbonyl (C=O) groups excluding carboxylic acids is 3. The van der Waals surface area contributed by atoms with Crippen LogP contribution in [0.5, 0.6) is 0 Å². The van der Waals surface area contributed by atoms with Crippen molar-refractivity contribution in [2.45, 2.75) is 69.6 Å². The molecule has 1 amide bonds. The summed E-state index contributed by atoms with van der Waals surface area (Å²) in [5.41, 5.74) is 3.20. The second-order valence-corrected chi connectivity index (χ2v) is 13.7. The van der Waals surface area contributed by atoms with Crippen LogP contribution in [0.15, 0.2) is 103 Å². The van der Waals surface area contributed by atoms with E-state index < -0.39 is 41.5 Å². The molecular weight excluding hydrogens is 698 g/mol. The van der Waals surface area contributed by atoms with E-state index in [1.165, 1.54) is 0 Å². The van der Waals surface area contributed by atoms with Crippen molar-refractivity contribution < 1.29 is 33.3 Å². The van der Waals surface area contributed by atoms with Gasteiger partial charge < -0.3 is 34.6 Å². The molecule has 3 aromatic carbocycles. The largest absolute Gasteiger partial charge is 0.508 e. The molecule has 2 fully saturated rings. The van der Waals surface area contributed by atoms with Crippen LogP contribution in [-0.2, 0) is 37.7 Å². The van der Waals surface area contributed by atoms with Crippen LogP contribution in [0.1, 0.15) is 58.9 Å². The number of aromatic amines is 1. The predicted octanol–water partition coefficient (Wildman–Crippen LogP) is 7.87. The maximum Gasteiger partial charge on any atom is 0.508 e. The zero-order valence-corrected chi connectivity index (χ0v) is 29.9. The standard InChI is InChI=1S/C40H38ClN5O7/c1-3-39(19-32(39)52-37(48)50-23-26-11-6-4-7-12-26)46-36-43-21-25(2)34(44-36)28-17-31(42-22-28)35(47)45-40(29-15-10-16-30(41)18-29)20-33(40)53-38(49)51-24-27-13-8-5-9-14-27/h4-18,21-22,32-33,42H,3,19-20,23-24H2,1-2H3,(H,45,47)(H,43,44,46)/t32-,33?,39?,40?/m0/s1. The normalized spacial score (nSPS) is 21.2. The fraction of sp³-hybridized carbons (Fsp3) is 0.275. The quantitative estimate of drug-likeness (QED) is 0.102. The number of ether oxygens (including phenoxy) is 4. The number of H-pyrrole nitrogens is 1. The molecular formula is C40H38ClN5O7.